The Morgan fingerprint density at radius 2 is 2.05 bits per heavy atom. The van der Waals surface area contributed by atoms with E-state index in [1.54, 1.807) is 0 Å². The Kier molecular flexibility index (Phi) is 4.31. The summed E-state index contributed by atoms with van der Waals surface area (Å²) in [5.41, 5.74) is 0. The van der Waals surface area contributed by atoms with Crippen molar-refractivity contribution in [1.29, 1.82) is 0 Å². The minimum absolute atomic E-state index is 0.0240. The SMILES string of the molecule is CN(C1CCNCC1)S(=O)(=O)c1ccc([N+](=O)[O-])nc1. The van der Waals surface area contributed by atoms with Gasteiger partial charge in [0.05, 0.1) is 0 Å². The second-order valence-electron chi connectivity index (χ2n) is 4.61. The molecule has 8 nitrogen and oxygen atoms in total. The number of nitrogens with one attached hydrogen (secondary N) is 1. The fourth-order valence-corrected chi connectivity index (χ4v) is 3.53. The van der Waals surface area contributed by atoms with Crippen LogP contribution < -0.4 is 5.32 Å². The van der Waals surface area contributed by atoms with Crippen molar-refractivity contribution in [2.24, 2.45) is 0 Å². The zero-order valence-corrected chi connectivity index (χ0v) is 11.8. The van der Waals surface area contributed by atoms with E-state index in [0.717, 1.165) is 38.2 Å². The summed E-state index contributed by atoms with van der Waals surface area (Å²) in [6.07, 6.45) is 2.53. The van der Waals surface area contributed by atoms with Crippen molar-refractivity contribution < 1.29 is 13.3 Å². The van der Waals surface area contributed by atoms with Crippen LogP contribution in [0.4, 0.5) is 5.82 Å². The van der Waals surface area contributed by atoms with Gasteiger partial charge in [0, 0.05) is 19.2 Å². The van der Waals surface area contributed by atoms with Gasteiger partial charge in [-0.05, 0) is 41.9 Å². The van der Waals surface area contributed by atoms with Gasteiger partial charge in [-0.3, -0.25) is 0 Å². The van der Waals surface area contributed by atoms with E-state index < -0.39 is 14.9 Å². The molecule has 1 aromatic heterocycles. The normalized spacial score (nSPS) is 17.3. The van der Waals surface area contributed by atoms with E-state index in [4.69, 9.17) is 0 Å². The second kappa shape index (κ2) is 5.81. The number of nitro groups is 1. The topological polar surface area (TPSA) is 105 Å². The van der Waals surface area contributed by atoms with Crippen LogP contribution in [-0.2, 0) is 10.0 Å². The number of hydrogen-bond donors (Lipinski definition) is 1. The van der Waals surface area contributed by atoms with Gasteiger partial charge in [-0.1, -0.05) is 0 Å². The van der Waals surface area contributed by atoms with Gasteiger partial charge in [-0.2, -0.15) is 4.31 Å². The van der Waals surface area contributed by atoms with Crippen LogP contribution in [-0.4, -0.2) is 48.8 Å². The molecule has 0 spiro atoms. The molecule has 2 rings (SSSR count). The molecule has 9 heteroatoms. The highest BCUT2D eigenvalue weighted by Crippen LogP contribution is 2.21. The molecule has 1 fully saturated rings. The molecular formula is C11H16N4O4S. The lowest BCUT2D eigenvalue weighted by Gasteiger charge is -2.30. The van der Waals surface area contributed by atoms with Gasteiger partial charge >= 0.3 is 5.82 Å². The molecular weight excluding hydrogens is 284 g/mol. The third-order valence-electron chi connectivity index (χ3n) is 3.41. The molecule has 0 aliphatic carbocycles. The summed E-state index contributed by atoms with van der Waals surface area (Å²) in [6, 6.07) is 2.26. The Morgan fingerprint density at radius 3 is 2.55 bits per heavy atom. The summed E-state index contributed by atoms with van der Waals surface area (Å²) < 4.78 is 26.1. The number of sulfonamides is 1. The van der Waals surface area contributed by atoms with Crippen LogP contribution in [0.1, 0.15) is 12.8 Å². The van der Waals surface area contributed by atoms with E-state index in [-0.39, 0.29) is 16.8 Å². The van der Waals surface area contributed by atoms with Crippen molar-refractivity contribution in [2.45, 2.75) is 23.8 Å². The molecule has 1 aliphatic heterocycles. The highest BCUT2D eigenvalue weighted by molar-refractivity contribution is 7.89. The first-order valence-electron chi connectivity index (χ1n) is 6.22. The lowest BCUT2D eigenvalue weighted by molar-refractivity contribution is -0.389. The smallest absolute Gasteiger partial charge is 0.358 e. The summed E-state index contributed by atoms with van der Waals surface area (Å²) in [5.74, 6) is -0.367. The lowest BCUT2D eigenvalue weighted by atomic mass is 10.1. The van der Waals surface area contributed by atoms with Crippen molar-refractivity contribution in [1.82, 2.24) is 14.6 Å². The van der Waals surface area contributed by atoms with Gasteiger partial charge in [0.15, 0.2) is 6.20 Å². The van der Waals surface area contributed by atoms with Crippen molar-refractivity contribution in [3.63, 3.8) is 0 Å². The average Bonchev–Trinajstić information content (AvgIpc) is 2.47. The fraction of sp³-hybridized carbons (Fsp3) is 0.545. The molecule has 0 bridgehead atoms. The quantitative estimate of drug-likeness (QED) is 0.636. The standard InChI is InChI=1S/C11H16N4O4S/c1-14(9-4-6-12-7-5-9)20(18,19)10-2-3-11(13-8-10)15(16)17/h2-3,8-9,12H,4-7H2,1H3. The first kappa shape index (κ1) is 14.8. The third-order valence-corrected chi connectivity index (χ3v) is 5.30. The second-order valence-corrected chi connectivity index (χ2v) is 6.61. The van der Waals surface area contributed by atoms with E-state index in [1.165, 1.54) is 17.4 Å². The summed E-state index contributed by atoms with van der Waals surface area (Å²) >= 11 is 0. The van der Waals surface area contributed by atoms with Crippen LogP contribution in [0.15, 0.2) is 23.2 Å². The Bertz CT molecular complexity index is 581. The number of rotatable bonds is 4. The van der Waals surface area contributed by atoms with Gasteiger partial charge in [0.2, 0.25) is 10.0 Å². The minimum atomic E-state index is -3.66. The Labute approximate surface area is 117 Å². The van der Waals surface area contributed by atoms with Crippen LogP contribution in [0.25, 0.3) is 0 Å². The average molecular weight is 300 g/mol. The number of hydrogen-bond acceptors (Lipinski definition) is 6. The zero-order valence-electron chi connectivity index (χ0n) is 11.0. The molecule has 1 aromatic rings. The summed E-state index contributed by atoms with van der Waals surface area (Å²) in [6.45, 7) is 1.56. The minimum Gasteiger partial charge on any atom is -0.358 e. The molecule has 0 saturated carbocycles. The van der Waals surface area contributed by atoms with E-state index in [2.05, 4.69) is 10.3 Å². The van der Waals surface area contributed by atoms with Crippen molar-refractivity contribution in [3.05, 3.63) is 28.4 Å². The highest BCUT2D eigenvalue weighted by Gasteiger charge is 2.30. The van der Waals surface area contributed by atoms with Crippen molar-refractivity contribution in [2.75, 3.05) is 20.1 Å². The van der Waals surface area contributed by atoms with Crippen molar-refractivity contribution in [3.8, 4) is 0 Å². The van der Waals surface area contributed by atoms with E-state index in [0.29, 0.717) is 0 Å². The Morgan fingerprint density at radius 1 is 1.40 bits per heavy atom. The summed E-state index contributed by atoms with van der Waals surface area (Å²) in [5, 5.41) is 13.7. The van der Waals surface area contributed by atoms with Crippen LogP contribution in [0.2, 0.25) is 0 Å². The number of pyridine rings is 1. The third kappa shape index (κ3) is 2.94. The summed E-state index contributed by atoms with van der Waals surface area (Å²) in [7, 11) is -2.13. The monoisotopic (exact) mass is 300 g/mol. The van der Waals surface area contributed by atoms with Crippen LogP contribution >= 0.6 is 0 Å². The lowest BCUT2D eigenvalue weighted by Crippen LogP contribution is -2.43. The molecule has 0 amide bonds. The number of nitrogens with zero attached hydrogens (tertiary/aromatic N) is 3. The molecule has 0 radical (unpaired) electrons. The van der Waals surface area contributed by atoms with Gasteiger partial charge in [0.1, 0.15) is 4.90 Å². The largest absolute Gasteiger partial charge is 0.363 e. The maximum Gasteiger partial charge on any atom is 0.363 e. The fourth-order valence-electron chi connectivity index (χ4n) is 2.17. The Balaban J connectivity index is 2.22. The zero-order chi connectivity index (χ0) is 14.8. The van der Waals surface area contributed by atoms with Crippen LogP contribution in [0, 0.1) is 10.1 Å². The van der Waals surface area contributed by atoms with Gasteiger partial charge < -0.3 is 15.4 Å². The molecule has 1 saturated heterocycles. The van der Waals surface area contributed by atoms with Crippen LogP contribution in [0.5, 0.6) is 0 Å². The van der Waals surface area contributed by atoms with Crippen LogP contribution in [0.3, 0.4) is 0 Å². The molecule has 0 atom stereocenters. The first-order valence-corrected chi connectivity index (χ1v) is 7.66. The molecule has 0 unspecified atom stereocenters. The molecule has 2 heterocycles. The predicted molar refractivity (Wildman–Crippen MR) is 71.7 cm³/mol. The maximum atomic E-state index is 12.4. The molecule has 1 aliphatic rings. The predicted octanol–water partition coefficient (Wildman–Crippen LogP) is 0.362. The van der Waals surface area contributed by atoms with E-state index >= 15 is 0 Å². The Hall–Kier alpha value is -1.58. The first-order chi connectivity index (χ1) is 9.43. The van der Waals surface area contributed by atoms with Crippen molar-refractivity contribution >= 4 is 15.8 Å². The van der Waals surface area contributed by atoms with Gasteiger partial charge in [-0.15, -0.1) is 0 Å². The molecule has 20 heavy (non-hydrogen) atoms. The highest BCUT2D eigenvalue weighted by atomic mass is 32.2. The van der Waals surface area contributed by atoms with E-state index in [1.807, 2.05) is 0 Å². The van der Waals surface area contributed by atoms with E-state index in [9.17, 15) is 18.5 Å². The summed E-state index contributed by atoms with van der Waals surface area (Å²) in [4.78, 5) is 13.4. The molecule has 110 valence electrons. The number of piperidine rings is 1. The van der Waals surface area contributed by atoms with Gasteiger partial charge in [0.25, 0.3) is 0 Å². The number of aromatic nitrogens is 1. The van der Waals surface area contributed by atoms with Gasteiger partial charge in [-0.25, -0.2) is 8.42 Å². The molecule has 1 N–H and O–H groups in total. The molecule has 0 aromatic carbocycles. The maximum absolute atomic E-state index is 12.4.